The molecule has 2 atom stereocenters. The summed E-state index contributed by atoms with van der Waals surface area (Å²) in [6.45, 7) is 0. The molecule has 2 aromatic heterocycles. The van der Waals surface area contributed by atoms with Crippen LogP contribution >= 0.6 is 0 Å². The maximum Gasteiger partial charge on any atom is 0.126 e. The Morgan fingerprint density at radius 2 is 2.04 bits per heavy atom. The average Bonchev–Trinajstić information content (AvgIpc) is 3.11. The molecule has 0 saturated heterocycles. The van der Waals surface area contributed by atoms with Crippen molar-refractivity contribution >= 4 is 22.4 Å². The third kappa shape index (κ3) is 2.80. The van der Waals surface area contributed by atoms with Crippen LogP contribution in [0.4, 0.5) is 11.5 Å². The van der Waals surface area contributed by atoms with E-state index in [1.807, 2.05) is 30.3 Å². The van der Waals surface area contributed by atoms with E-state index in [1.165, 1.54) is 0 Å². The number of aromatic nitrogens is 3. The van der Waals surface area contributed by atoms with Crippen LogP contribution in [0, 0.1) is 0 Å². The van der Waals surface area contributed by atoms with Crippen LogP contribution in [0.5, 0.6) is 0 Å². The Kier molecular flexibility index (Phi) is 3.82. The first kappa shape index (κ1) is 15.0. The number of pyridine rings is 1. The highest BCUT2D eigenvalue weighted by Gasteiger charge is 2.23. The Morgan fingerprint density at radius 1 is 1.17 bits per heavy atom. The molecule has 0 spiro atoms. The normalized spacial score (nSPS) is 21.0. The Balaban J connectivity index is 1.72. The Labute approximate surface area is 140 Å². The van der Waals surface area contributed by atoms with Gasteiger partial charge in [0.2, 0.25) is 0 Å². The third-order valence-electron chi connectivity index (χ3n) is 4.71. The number of aliphatic hydroxyl groups is 1. The van der Waals surface area contributed by atoms with E-state index in [1.54, 1.807) is 6.20 Å². The van der Waals surface area contributed by atoms with E-state index in [0.29, 0.717) is 5.82 Å². The second-order valence-corrected chi connectivity index (χ2v) is 6.40. The topological polar surface area (TPSA) is 99.9 Å². The van der Waals surface area contributed by atoms with Crippen LogP contribution in [-0.4, -0.2) is 32.4 Å². The second-order valence-electron chi connectivity index (χ2n) is 6.40. The average molecular weight is 323 g/mol. The summed E-state index contributed by atoms with van der Waals surface area (Å²) < 4.78 is 0. The monoisotopic (exact) mass is 323 g/mol. The fourth-order valence-corrected chi connectivity index (χ4v) is 3.43. The number of H-pyrrole nitrogens is 1. The van der Waals surface area contributed by atoms with Gasteiger partial charge in [-0.05, 0) is 25.0 Å². The summed E-state index contributed by atoms with van der Waals surface area (Å²) in [6.07, 6.45) is 5.46. The number of aliphatic hydroxyl groups excluding tert-OH is 1. The zero-order valence-electron chi connectivity index (χ0n) is 13.4. The molecule has 1 saturated carbocycles. The molecular formula is C18H21N5O. The van der Waals surface area contributed by atoms with Gasteiger partial charge in [0.05, 0.1) is 23.4 Å². The summed E-state index contributed by atoms with van der Waals surface area (Å²) in [6, 6.07) is 9.91. The van der Waals surface area contributed by atoms with Crippen molar-refractivity contribution < 1.29 is 5.11 Å². The zero-order chi connectivity index (χ0) is 16.5. The van der Waals surface area contributed by atoms with E-state index >= 15 is 0 Å². The number of fused-ring (bicyclic) bond motifs is 1. The van der Waals surface area contributed by atoms with Gasteiger partial charge in [-0.1, -0.05) is 25.0 Å². The van der Waals surface area contributed by atoms with E-state index in [-0.39, 0.29) is 12.1 Å². The molecule has 24 heavy (non-hydrogen) atoms. The molecule has 1 aliphatic carbocycles. The van der Waals surface area contributed by atoms with Crippen molar-refractivity contribution in [2.75, 3.05) is 11.1 Å². The van der Waals surface area contributed by atoms with Gasteiger partial charge in [-0.25, -0.2) is 4.98 Å². The van der Waals surface area contributed by atoms with Gasteiger partial charge in [0.25, 0.3) is 0 Å². The summed E-state index contributed by atoms with van der Waals surface area (Å²) in [7, 11) is 0. The van der Waals surface area contributed by atoms with Crippen LogP contribution in [0.3, 0.4) is 0 Å². The fourth-order valence-electron chi connectivity index (χ4n) is 3.43. The van der Waals surface area contributed by atoms with Gasteiger partial charge in [-0.15, -0.1) is 0 Å². The first-order chi connectivity index (χ1) is 11.7. The molecule has 6 heteroatoms. The number of nitrogens with two attached hydrogens (primary N) is 1. The van der Waals surface area contributed by atoms with Gasteiger partial charge in [0.1, 0.15) is 5.82 Å². The molecule has 1 aliphatic rings. The van der Waals surface area contributed by atoms with Gasteiger partial charge >= 0.3 is 0 Å². The molecule has 0 radical (unpaired) electrons. The number of anilines is 2. The molecular weight excluding hydrogens is 302 g/mol. The summed E-state index contributed by atoms with van der Waals surface area (Å²) in [5.74, 6) is 0.469. The molecule has 0 bridgehead atoms. The number of benzene rings is 1. The van der Waals surface area contributed by atoms with Crippen molar-refractivity contribution in [2.45, 2.75) is 37.8 Å². The summed E-state index contributed by atoms with van der Waals surface area (Å²) >= 11 is 0. The number of hydrogen-bond acceptors (Lipinski definition) is 5. The number of aromatic amines is 1. The number of hydrogen-bond donors (Lipinski definition) is 4. The predicted molar refractivity (Wildman–Crippen MR) is 95.6 cm³/mol. The third-order valence-corrected chi connectivity index (χ3v) is 4.71. The number of rotatable bonds is 3. The van der Waals surface area contributed by atoms with Crippen molar-refractivity contribution in [2.24, 2.45) is 0 Å². The summed E-state index contributed by atoms with van der Waals surface area (Å²) in [4.78, 5) is 4.46. The lowest BCUT2D eigenvalue weighted by Crippen LogP contribution is -2.36. The van der Waals surface area contributed by atoms with Gasteiger partial charge in [0, 0.05) is 28.9 Å². The van der Waals surface area contributed by atoms with Crippen LogP contribution in [0.25, 0.3) is 22.2 Å². The highest BCUT2D eigenvalue weighted by Crippen LogP contribution is 2.30. The summed E-state index contributed by atoms with van der Waals surface area (Å²) in [5, 5.41) is 21.7. The smallest absolute Gasteiger partial charge is 0.126 e. The minimum atomic E-state index is -0.313. The highest BCUT2D eigenvalue weighted by atomic mass is 16.3. The van der Waals surface area contributed by atoms with Crippen LogP contribution in [-0.2, 0) is 0 Å². The Bertz CT molecular complexity index is 846. The van der Waals surface area contributed by atoms with Crippen LogP contribution < -0.4 is 11.1 Å². The predicted octanol–water partition coefficient (Wildman–Crippen LogP) is 2.92. The maximum absolute atomic E-state index is 10.2. The van der Waals surface area contributed by atoms with Crippen molar-refractivity contribution in [3.05, 3.63) is 36.5 Å². The Morgan fingerprint density at radius 3 is 2.83 bits per heavy atom. The standard InChI is InChI=1S/C18H21N5O/c19-18-10-16(21-14-3-1-2-4-17(14)24)12-6-5-11(9-15(12)22-18)13-7-8-20-23-13/h5-10,14,17,24H,1-4H2,(H,20,23)(H3,19,21,22)/t14-,17-/m0/s1. The number of nitrogens with one attached hydrogen (secondary N) is 2. The van der Waals surface area contributed by atoms with E-state index < -0.39 is 0 Å². The lowest BCUT2D eigenvalue weighted by atomic mass is 9.92. The Hall–Kier alpha value is -2.60. The van der Waals surface area contributed by atoms with Crippen LogP contribution in [0.15, 0.2) is 36.5 Å². The summed E-state index contributed by atoms with van der Waals surface area (Å²) in [5.41, 5.74) is 9.72. The molecule has 6 nitrogen and oxygen atoms in total. The van der Waals surface area contributed by atoms with Gasteiger partial charge in [0.15, 0.2) is 0 Å². The molecule has 0 aliphatic heterocycles. The molecule has 0 amide bonds. The fraction of sp³-hybridized carbons (Fsp3) is 0.333. The van der Waals surface area contributed by atoms with E-state index in [2.05, 4.69) is 20.5 Å². The molecule has 1 fully saturated rings. The van der Waals surface area contributed by atoms with E-state index in [4.69, 9.17) is 5.73 Å². The van der Waals surface area contributed by atoms with Gasteiger partial charge in [-0.2, -0.15) is 5.10 Å². The highest BCUT2D eigenvalue weighted by molar-refractivity contribution is 5.95. The first-order valence-corrected chi connectivity index (χ1v) is 8.35. The van der Waals surface area contributed by atoms with Gasteiger partial charge < -0.3 is 16.2 Å². The minimum absolute atomic E-state index is 0.0658. The van der Waals surface area contributed by atoms with Crippen LogP contribution in [0.2, 0.25) is 0 Å². The number of nitrogen functional groups attached to an aromatic ring is 1. The van der Waals surface area contributed by atoms with E-state index in [9.17, 15) is 5.11 Å². The van der Waals surface area contributed by atoms with Crippen molar-refractivity contribution in [1.82, 2.24) is 15.2 Å². The second kappa shape index (κ2) is 6.13. The zero-order valence-corrected chi connectivity index (χ0v) is 13.4. The van der Waals surface area contributed by atoms with Crippen molar-refractivity contribution in [1.29, 1.82) is 0 Å². The van der Waals surface area contributed by atoms with Gasteiger partial charge in [-0.3, -0.25) is 5.10 Å². The maximum atomic E-state index is 10.2. The quantitative estimate of drug-likeness (QED) is 0.594. The largest absolute Gasteiger partial charge is 0.391 e. The lowest BCUT2D eigenvalue weighted by Gasteiger charge is -2.29. The first-order valence-electron chi connectivity index (χ1n) is 8.35. The molecule has 2 heterocycles. The molecule has 4 rings (SSSR count). The molecule has 3 aromatic rings. The lowest BCUT2D eigenvalue weighted by molar-refractivity contribution is 0.116. The SMILES string of the molecule is Nc1cc(N[C@H]2CCCC[C@@H]2O)c2ccc(-c3ccn[nH]3)cc2n1. The van der Waals surface area contributed by atoms with Crippen molar-refractivity contribution in [3.63, 3.8) is 0 Å². The van der Waals surface area contributed by atoms with E-state index in [0.717, 1.165) is 53.5 Å². The molecule has 1 aromatic carbocycles. The molecule has 5 N–H and O–H groups in total. The van der Waals surface area contributed by atoms with Crippen molar-refractivity contribution in [3.8, 4) is 11.3 Å². The minimum Gasteiger partial charge on any atom is -0.391 e. The number of nitrogens with zero attached hydrogens (tertiary/aromatic N) is 2. The molecule has 0 unspecified atom stereocenters. The molecule has 124 valence electrons. The van der Waals surface area contributed by atoms with Crippen LogP contribution in [0.1, 0.15) is 25.7 Å².